The second-order valence-corrected chi connectivity index (χ2v) is 11.1. The molecule has 1 atom stereocenters. The summed E-state index contributed by atoms with van der Waals surface area (Å²) in [6, 6.07) is 31.5. The molecule has 7 heteroatoms. The molecule has 0 radical (unpaired) electrons. The number of aliphatic imine (C=N–C) groups is 2. The van der Waals surface area contributed by atoms with Crippen LogP contribution in [0, 0.1) is 6.92 Å². The van der Waals surface area contributed by atoms with Crippen molar-refractivity contribution < 1.29 is 0 Å². The zero-order chi connectivity index (χ0) is 27.1. The Morgan fingerprint density at radius 2 is 1.68 bits per heavy atom. The number of unbranched alkanes of at least 4 members (excludes halogenated alkanes) is 1. The van der Waals surface area contributed by atoms with E-state index >= 15 is 0 Å². The molecule has 4 heterocycles. The smallest absolute Gasteiger partial charge is 0.179 e. The van der Waals surface area contributed by atoms with Crippen molar-refractivity contribution >= 4 is 45.9 Å². The van der Waals surface area contributed by atoms with Crippen LogP contribution in [-0.4, -0.2) is 21.5 Å². The van der Waals surface area contributed by atoms with E-state index in [9.17, 15) is 0 Å². The van der Waals surface area contributed by atoms with Gasteiger partial charge in [0, 0.05) is 16.1 Å². The van der Waals surface area contributed by atoms with Gasteiger partial charge in [-0.05, 0) is 73.2 Å². The highest BCUT2D eigenvalue weighted by Crippen LogP contribution is 2.49. The zero-order valence-electron chi connectivity index (χ0n) is 22.6. The number of rotatable bonds is 6. The van der Waals surface area contributed by atoms with Gasteiger partial charge in [0.1, 0.15) is 6.04 Å². The minimum absolute atomic E-state index is 0.0789. The molecule has 0 unspecified atom stereocenters. The molecule has 2 aliphatic rings. The Hall–Kier alpha value is -4.49. The van der Waals surface area contributed by atoms with E-state index in [0.717, 1.165) is 57.9 Å². The minimum atomic E-state index is -0.0789. The number of nitrogens with zero attached hydrogens (tertiary/aromatic N) is 5. The molecule has 6 nitrogen and oxygen atoms in total. The molecular formula is C33H30N6S. The third kappa shape index (κ3) is 4.23. The van der Waals surface area contributed by atoms with Crippen molar-refractivity contribution in [3.05, 3.63) is 118 Å². The van der Waals surface area contributed by atoms with Crippen LogP contribution >= 0.6 is 11.3 Å². The number of fused-ring (bicyclic) bond motifs is 4. The lowest BCUT2D eigenvalue weighted by Crippen LogP contribution is -2.46. The second kappa shape index (κ2) is 10.2. The number of thiophene rings is 1. The topological polar surface area (TPSA) is 57.8 Å². The van der Waals surface area contributed by atoms with Crippen molar-refractivity contribution in [3.8, 4) is 5.69 Å². The van der Waals surface area contributed by atoms with Crippen molar-refractivity contribution in [2.75, 3.05) is 10.2 Å². The molecule has 0 aliphatic carbocycles. The van der Waals surface area contributed by atoms with Gasteiger partial charge in [-0.15, -0.1) is 11.3 Å². The minimum Gasteiger partial charge on any atom is -0.337 e. The second-order valence-electron chi connectivity index (χ2n) is 10.2. The fourth-order valence-electron chi connectivity index (χ4n) is 5.54. The van der Waals surface area contributed by atoms with E-state index in [-0.39, 0.29) is 6.04 Å². The van der Waals surface area contributed by atoms with Gasteiger partial charge in [0.25, 0.3) is 0 Å². The maximum atomic E-state index is 5.31. The van der Waals surface area contributed by atoms with E-state index in [0.29, 0.717) is 0 Å². The van der Waals surface area contributed by atoms with E-state index in [1.54, 1.807) is 11.3 Å². The number of hydrogen-bond donors (Lipinski definition) is 1. The van der Waals surface area contributed by atoms with Gasteiger partial charge in [0.15, 0.2) is 17.5 Å². The third-order valence-electron chi connectivity index (χ3n) is 7.49. The molecule has 198 valence electrons. The summed E-state index contributed by atoms with van der Waals surface area (Å²) in [4.78, 5) is 14.0. The number of nitrogens with one attached hydrogen (secondary N) is 1. The van der Waals surface area contributed by atoms with Gasteiger partial charge in [-0.2, -0.15) is 5.10 Å². The number of para-hydroxylation sites is 3. The molecule has 2 aromatic heterocycles. The highest BCUT2D eigenvalue weighted by atomic mass is 32.1. The van der Waals surface area contributed by atoms with E-state index in [4.69, 9.17) is 15.1 Å². The lowest BCUT2D eigenvalue weighted by Gasteiger charge is -2.40. The van der Waals surface area contributed by atoms with Crippen molar-refractivity contribution in [2.24, 2.45) is 9.98 Å². The number of aryl methyl sites for hydroxylation is 2. The fourth-order valence-corrected chi connectivity index (χ4v) is 6.36. The normalized spacial score (nSPS) is 15.6. The third-order valence-corrected chi connectivity index (χ3v) is 8.41. The zero-order valence-corrected chi connectivity index (χ0v) is 23.4. The molecule has 0 bridgehead atoms. The average molecular weight is 543 g/mol. The molecule has 2 aliphatic heterocycles. The van der Waals surface area contributed by atoms with Crippen molar-refractivity contribution in [3.63, 3.8) is 0 Å². The predicted molar refractivity (Wildman–Crippen MR) is 166 cm³/mol. The summed E-state index contributed by atoms with van der Waals surface area (Å²) in [5.41, 5.74) is 7.37. The van der Waals surface area contributed by atoms with Gasteiger partial charge in [0.2, 0.25) is 0 Å². The summed E-state index contributed by atoms with van der Waals surface area (Å²) in [5, 5.41) is 10.8. The monoisotopic (exact) mass is 542 g/mol. The lowest BCUT2D eigenvalue weighted by molar-refractivity contribution is 0.795. The molecular weight excluding hydrogens is 512 g/mol. The van der Waals surface area contributed by atoms with Gasteiger partial charge in [-0.3, -0.25) is 0 Å². The van der Waals surface area contributed by atoms with Crippen LogP contribution in [0.25, 0.3) is 5.69 Å². The average Bonchev–Trinajstić information content (AvgIpc) is 3.65. The maximum absolute atomic E-state index is 5.31. The molecule has 0 saturated carbocycles. The molecule has 0 fully saturated rings. The standard InChI is InChI=1S/C33H30N6S/c1-3-4-11-23-17-19-24(20-18-23)34-31-33-36-32-29(22(2)37-39(32)25-12-6-5-7-13-25)30(28-16-10-21-40-28)38(33)27-15-9-8-14-26(27)35-31/h5-10,12-21,30H,3-4,11H2,1-2H3,(H,34,35)/t30-/m0/s1. The summed E-state index contributed by atoms with van der Waals surface area (Å²) in [6.07, 6.45) is 3.49. The molecule has 0 spiro atoms. The van der Waals surface area contributed by atoms with Crippen LogP contribution in [0.5, 0.6) is 0 Å². The van der Waals surface area contributed by atoms with E-state index < -0.39 is 0 Å². The molecule has 5 aromatic rings. The van der Waals surface area contributed by atoms with Crippen LogP contribution in [0.1, 0.15) is 47.5 Å². The highest BCUT2D eigenvalue weighted by Gasteiger charge is 2.41. The maximum Gasteiger partial charge on any atom is 0.179 e. The van der Waals surface area contributed by atoms with Crippen LogP contribution in [0.4, 0.5) is 22.9 Å². The first kappa shape index (κ1) is 24.5. The first-order valence-electron chi connectivity index (χ1n) is 13.8. The molecule has 0 amide bonds. The van der Waals surface area contributed by atoms with Crippen LogP contribution < -0.4 is 10.2 Å². The van der Waals surface area contributed by atoms with E-state index in [1.807, 2.05) is 28.9 Å². The Labute approximate surface area is 238 Å². The predicted octanol–water partition coefficient (Wildman–Crippen LogP) is 8.38. The lowest BCUT2D eigenvalue weighted by atomic mass is 9.98. The van der Waals surface area contributed by atoms with Gasteiger partial charge >= 0.3 is 0 Å². The van der Waals surface area contributed by atoms with Crippen molar-refractivity contribution in [1.29, 1.82) is 0 Å². The fraction of sp³-hybridized carbons (Fsp3) is 0.182. The largest absolute Gasteiger partial charge is 0.337 e. The molecule has 3 aromatic carbocycles. The molecule has 1 N–H and O–H groups in total. The Kier molecular flexibility index (Phi) is 6.28. The number of benzene rings is 3. The molecule has 40 heavy (non-hydrogen) atoms. The summed E-state index contributed by atoms with van der Waals surface area (Å²) in [7, 11) is 0. The van der Waals surface area contributed by atoms with Crippen LogP contribution in [-0.2, 0) is 6.42 Å². The quantitative estimate of drug-likeness (QED) is 0.234. The Morgan fingerprint density at radius 3 is 2.45 bits per heavy atom. The summed E-state index contributed by atoms with van der Waals surface area (Å²) < 4.78 is 1.97. The van der Waals surface area contributed by atoms with Gasteiger partial charge in [-0.25, -0.2) is 14.7 Å². The van der Waals surface area contributed by atoms with Crippen LogP contribution in [0.3, 0.4) is 0 Å². The van der Waals surface area contributed by atoms with Gasteiger partial charge in [0.05, 0.1) is 22.8 Å². The number of amidine groups is 2. The summed E-state index contributed by atoms with van der Waals surface area (Å²) >= 11 is 1.76. The van der Waals surface area contributed by atoms with E-state index in [2.05, 4.69) is 96.2 Å². The summed E-state index contributed by atoms with van der Waals surface area (Å²) in [6.45, 7) is 4.31. The number of aromatic nitrogens is 2. The van der Waals surface area contributed by atoms with Crippen molar-refractivity contribution in [1.82, 2.24) is 9.78 Å². The molecule has 0 saturated heterocycles. The van der Waals surface area contributed by atoms with Gasteiger partial charge < -0.3 is 10.2 Å². The Balaban J connectivity index is 1.40. The Morgan fingerprint density at radius 1 is 0.875 bits per heavy atom. The SMILES string of the molecule is CCCCc1ccc(NC2=Nc3ccccc3N3C2=Nc2c(c(C)nn2-c2ccccc2)[C@@H]3c2cccs2)cc1. The number of hydrogen-bond acceptors (Lipinski definition) is 6. The van der Waals surface area contributed by atoms with Crippen molar-refractivity contribution in [2.45, 2.75) is 39.2 Å². The first-order chi connectivity index (χ1) is 19.7. The Bertz CT molecular complexity index is 1710. The van der Waals surface area contributed by atoms with Gasteiger partial charge in [-0.1, -0.05) is 61.9 Å². The van der Waals surface area contributed by atoms with Crippen LogP contribution in [0.15, 0.2) is 106 Å². The first-order valence-corrected chi connectivity index (χ1v) is 14.7. The summed E-state index contributed by atoms with van der Waals surface area (Å²) in [5.74, 6) is 2.36. The van der Waals surface area contributed by atoms with Crippen LogP contribution in [0.2, 0.25) is 0 Å². The molecule has 7 rings (SSSR count). The highest BCUT2D eigenvalue weighted by molar-refractivity contribution is 7.10. The van der Waals surface area contributed by atoms with E-state index in [1.165, 1.54) is 23.3 Å². The number of anilines is 2.